The van der Waals surface area contributed by atoms with E-state index in [0.717, 1.165) is 11.8 Å². The van der Waals surface area contributed by atoms with Crippen LogP contribution in [0, 0.1) is 5.82 Å². The second kappa shape index (κ2) is 9.34. The summed E-state index contributed by atoms with van der Waals surface area (Å²) in [5.74, 6) is -0.525. The first-order chi connectivity index (χ1) is 14.0. The van der Waals surface area contributed by atoms with E-state index >= 15 is 0 Å². The van der Waals surface area contributed by atoms with Gasteiger partial charge in [0.05, 0.1) is 22.3 Å². The third-order valence-electron chi connectivity index (χ3n) is 4.19. The zero-order valence-corrected chi connectivity index (χ0v) is 16.6. The van der Waals surface area contributed by atoms with Crippen molar-refractivity contribution in [3.8, 4) is 5.69 Å². The lowest BCUT2D eigenvalue weighted by Gasteiger charge is -2.19. The van der Waals surface area contributed by atoms with Gasteiger partial charge in [-0.1, -0.05) is 42.1 Å². The number of aromatic nitrogens is 2. The van der Waals surface area contributed by atoms with Crippen LogP contribution in [0.3, 0.4) is 0 Å². The number of nitrogens with zero attached hydrogens (tertiary/aromatic N) is 3. The van der Waals surface area contributed by atoms with Gasteiger partial charge in [0.1, 0.15) is 5.82 Å². The van der Waals surface area contributed by atoms with Gasteiger partial charge in [-0.2, -0.15) is 0 Å². The molecular formula is C22H20FN3O2S. The van der Waals surface area contributed by atoms with Crippen molar-refractivity contribution in [2.24, 2.45) is 0 Å². The zero-order chi connectivity index (χ0) is 20.8. The number of para-hydroxylation sites is 1. The monoisotopic (exact) mass is 409 g/mol. The maximum atomic E-state index is 13.8. The summed E-state index contributed by atoms with van der Waals surface area (Å²) in [5, 5.41) is 0.747. The van der Waals surface area contributed by atoms with E-state index in [1.165, 1.54) is 22.8 Å². The molecule has 7 heteroatoms. The van der Waals surface area contributed by atoms with Crippen LogP contribution in [0.15, 0.2) is 83.8 Å². The number of halogens is 1. The van der Waals surface area contributed by atoms with Crippen LogP contribution < -0.4 is 5.56 Å². The molecule has 0 aliphatic heterocycles. The Balaban J connectivity index is 2.03. The summed E-state index contributed by atoms with van der Waals surface area (Å²) < 4.78 is 15.1. The number of carbonyl (C=O) groups is 1. The molecule has 3 rings (SSSR count). The van der Waals surface area contributed by atoms with Gasteiger partial charge in [-0.15, -0.1) is 13.2 Å². The smallest absolute Gasteiger partial charge is 0.266 e. The Kier molecular flexibility index (Phi) is 6.61. The maximum Gasteiger partial charge on any atom is 0.266 e. The van der Waals surface area contributed by atoms with Crippen molar-refractivity contribution >= 4 is 28.6 Å². The van der Waals surface area contributed by atoms with Gasteiger partial charge in [0.2, 0.25) is 5.91 Å². The summed E-state index contributed by atoms with van der Waals surface area (Å²) in [6.07, 6.45) is 3.28. The highest BCUT2D eigenvalue weighted by molar-refractivity contribution is 7.99. The van der Waals surface area contributed by atoms with Crippen LogP contribution in [0.5, 0.6) is 0 Å². The molecule has 0 spiro atoms. The molecule has 0 unspecified atom stereocenters. The Morgan fingerprint density at radius 2 is 1.86 bits per heavy atom. The number of benzene rings is 2. The first-order valence-corrected chi connectivity index (χ1v) is 9.93. The molecule has 0 radical (unpaired) electrons. The first kappa shape index (κ1) is 20.5. The first-order valence-electron chi connectivity index (χ1n) is 8.95. The van der Waals surface area contributed by atoms with Crippen molar-refractivity contribution in [2.45, 2.75) is 5.16 Å². The lowest BCUT2D eigenvalue weighted by Crippen LogP contribution is -2.33. The Labute approximate surface area is 172 Å². The number of amides is 1. The van der Waals surface area contributed by atoms with Crippen molar-refractivity contribution < 1.29 is 9.18 Å². The minimum atomic E-state index is -0.460. The molecule has 29 heavy (non-hydrogen) atoms. The van der Waals surface area contributed by atoms with Gasteiger partial charge < -0.3 is 4.90 Å². The average molecular weight is 409 g/mol. The number of carbonyl (C=O) groups excluding carboxylic acids is 1. The zero-order valence-electron chi connectivity index (χ0n) is 15.8. The lowest BCUT2D eigenvalue weighted by molar-refractivity contribution is -0.127. The lowest BCUT2D eigenvalue weighted by atomic mass is 10.2. The van der Waals surface area contributed by atoms with Gasteiger partial charge in [-0.3, -0.25) is 14.2 Å². The molecule has 1 amide bonds. The topological polar surface area (TPSA) is 55.2 Å². The van der Waals surface area contributed by atoms with Crippen LogP contribution in [-0.2, 0) is 4.79 Å². The molecule has 1 heterocycles. The largest absolute Gasteiger partial charge is 0.335 e. The quantitative estimate of drug-likeness (QED) is 0.322. The highest BCUT2D eigenvalue weighted by atomic mass is 32.2. The fourth-order valence-electron chi connectivity index (χ4n) is 2.86. The molecule has 1 aromatic heterocycles. The second-order valence-electron chi connectivity index (χ2n) is 6.20. The molecule has 0 aliphatic rings. The summed E-state index contributed by atoms with van der Waals surface area (Å²) >= 11 is 1.13. The molecule has 0 aliphatic carbocycles. The predicted octanol–water partition coefficient (Wildman–Crippen LogP) is 3.82. The number of thioether (sulfide) groups is 1. The normalized spacial score (nSPS) is 10.7. The Morgan fingerprint density at radius 1 is 1.14 bits per heavy atom. The molecule has 0 N–H and O–H groups in total. The number of hydrogen-bond donors (Lipinski definition) is 0. The van der Waals surface area contributed by atoms with E-state index in [9.17, 15) is 14.0 Å². The Hall–Kier alpha value is -3.19. The SMILES string of the molecule is C=CCN(CC=C)C(=O)CSc1nc2ccccc2c(=O)n1-c1cccc(F)c1. The summed E-state index contributed by atoms with van der Waals surface area (Å²) in [6, 6.07) is 12.7. The molecular weight excluding hydrogens is 389 g/mol. The molecule has 2 aromatic carbocycles. The minimum absolute atomic E-state index is 0.0712. The third kappa shape index (κ3) is 4.63. The van der Waals surface area contributed by atoms with Crippen molar-refractivity contribution in [1.82, 2.24) is 14.5 Å². The third-order valence-corrected chi connectivity index (χ3v) is 5.11. The summed E-state index contributed by atoms with van der Waals surface area (Å²) in [7, 11) is 0. The van der Waals surface area contributed by atoms with Crippen molar-refractivity contribution in [2.75, 3.05) is 18.8 Å². The molecule has 148 valence electrons. The Morgan fingerprint density at radius 3 is 2.55 bits per heavy atom. The van der Waals surface area contributed by atoms with E-state index in [1.54, 1.807) is 47.4 Å². The van der Waals surface area contributed by atoms with E-state index in [0.29, 0.717) is 34.8 Å². The molecule has 3 aromatic rings. The molecule has 0 fully saturated rings. The van der Waals surface area contributed by atoms with E-state index in [2.05, 4.69) is 18.1 Å². The van der Waals surface area contributed by atoms with E-state index in [4.69, 9.17) is 0 Å². The minimum Gasteiger partial charge on any atom is -0.335 e. The van der Waals surface area contributed by atoms with Crippen LogP contribution in [0.1, 0.15) is 0 Å². The fraction of sp³-hybridized carbons (Fsp3) is 0.136. The molecule has 0 saturated heterocycles. The summed E-state index contributed by atoms with van der Waals surface area (Å²) in [4.78, 5) is 31.8. The van der Waals surface area contributed by atoms with Crippen LogP contribution in [0.2, 0.25) is 0 Å². The average Bonchev–Trinajstić information content (AvgIpc) is 2.72. The summed E-state index contributed by atoms with van der Waals surface area (Å²) in [6.45, 7) is 8.12. The molecule has 0 atom stereocenters. The Bertz CT molecular complexity index is 1120. The highest BCUT2D eigenvalue weighted by Gasteiger charge is 2.17. The van der Waals surface area contributed by atoms with Crippen LogP contribution in [0.4, 0.5) is 4.39 Å². The van der Waals surface area contributed by atoms with Crippen LogP contribution >= 0.6 is 11.8 Å². The molecule has 0 bridgehead atoms. The van der Waals surface area contributed by atoms with E-state index in [-0.39, 0.29) is 17.2 Å². The van der Waals surface area contributed by atoms with E-state index < -0.39 is 5.82 Å². The van der Waals surface area contributed by atoms with Crippen molar-refractivity contribution in [3.05, 3.63) is 90.0 Å². The standard InChI is InChI=1S/C22H20FN3O2S/c1-3-12-25(13-4-2)20(27)15-29-22-24-19-11-6-5-10-18(19)21(28)26(22)17-9-7-8-16(23)14-17/h3-11,14H,1-2,12-13,15H2. The van der Waals surface area contributed by atoms with Gasteiger partial charge in [-0.05, 0) is 30.3 Å². The van der Waals surface area contributed by atoms with Gasteiger partial charge in [-0.25, -0.2) is 9.37 Å². The highest BCUT2D eigenvalue weighted by Crippen LogP contribution is 2.22. The van der Waals surface area contributed by atoms with Gasteiger partial charge in [0.25, 0.3) is 5.56 Å². The molecule has 5 nitrogen and oxygen atoms in total. The second-order valence-corrected chi connectivity index (χ2v) is 7.14. The number of rotatable bonds is 8. The predicted molar refractivity (Wildman–Crippen MR) is 115 cm³/mol. The maximum absolute atomic E-state index is 13.8. The van der Waals surface area contributed by atoms with Gasteiger partial charge >= 0.3 is 0 Å². The van der Waals surface area contributed by atoms with Crippen molar-refractivity contribution in [3.63, 3.8) is 0 Å². The van der Waals surface area contributed by atoms with Gasteiger partial charge in [0.15, 0.2) is 5.16 Å². The number of hydrogen-bond acceptors (Lipinski definition) is 4. The fourth-order valence-corrected chi connectivity index (χ4v) is 3.77. The van der Waals surface area contributed by atoms with Crippen LogP contribution in [-0.4, -0.2) is 39.2 Å². The van der Waals surface area contributed by atoms with Crippen molar-refractivity contribution in [1.29, 1.82) is 0 Å². The molecule has 0 saturated carbocycles. The van der Waals surface area contributed by atoms with E-state index in [1.807, 2.05) is 0 Å². The summed E-state index contributed by atoms with van der Waals surface area (Å²) in [5.41, 5.74) is 0.566. The van der Waals surface area contributed by atoms with Gasteiger partial charge in [0, 0.05) is 13.1 Å². The van der Waals surface area contributed by atoms with Crippen LogP contribution in [0.25, 0.3) is 16.6 Å². The number of fused-ring (bicyclic) bond motifs is 1.